The fourth-order valence-electron chi connectivity index (χ4n) is 7.24. The topological polar surface area (TPSA) is 125 Å². The number of ketones is 1. The number of ether oxygens (including phenoxy) is 1. The lowest BCUT2D eigenvalue weighted by atomic mass is 9.85. The maximum atomic E-state index is 13.9. The third-order valence-electron chi connectivity index (χ3n) is 10.7. The Morgan fingerprint density at radius 1 is 0.729 bits per heavy atom. The van der Waals surface area contributed by atoms with Crippen molar-refractivity contribution < 1.29 is 28.7 Å². The third kappa shape index (κ3) is 14.8. The number of halogens is 1. The van der Waals surface area contributed by atoms with E-state index in [0.29, 0.717) is 17.9 Å². The van der Waals surface area contributed by atoms with Crippen molar-refractivity contribution in [2.24, 2.45) is 5.41 Å². The Labute approximate surface area is 356 Å². The SMILES string of the molecule is CCCCCCCCCCCCCCCc1cccc(OC(CC)C(=O)Nc2ccc(Cl)c(NC(=O)C(C(=O)C(C)(C)C)N3C(=O)CN(Cc4ccccc4)C3=O)c2)c1. The summed E-state index contributed by atoms with van der Waals surface area (Å²) in [7, 11) is 0. The number of unbranched alkanes of at least 4 members (excludes halogenated alkanes) is 12. The van der Waals surface area contributed by atoms with Crippen molar-refractivity contribution in [3.63, 3.8) is 0 Å². The fraction of sp³-hybridized carbons (Fsp3) is 0.521. The molecule has 320 valence electrons. The third-order valence-corrected chi connectivity index (χ3v) is 11.0. The molecule has 1 fully saturated rings. The molecule has 3 aromatic carbocycles. The van der Waals surface area contributed by atoms with E-state index in [0.717, 1.165) is 23.3 Å². The summed E-state index contributed by atoms with van der Waals surface area (Å²) in [6, 6.07) is 19.1. The Bertz CT molecular complexity index is 1840. The van der Waals surface area contributed by atoms with Gasteiger partial charge >= 0.3 is 6.03 Å². The maximum absolute atomic E-state index is 13.9. The van der Waals surface area contributed by atoms with Crippen LogP contribution in [0.1, 0.15) is 136 Å². The number of urea groups is 1. The number of Topliss-reactive ketones (excluding diaryl/α,β-unsaturated/α-hetero) is 1. The number of rotatable bonds is 25. The van der Waals surface area contributed by atoms with E-state index in [4.69, 9.17) is 16.3 Å². The van der Waals surface area contributed by atoms with E-state index in [1.54, 1.807) is 26.8 Å². The minimum Gasteiger partial charge on any atom is -0.481 e. The Kier molecular flexibility index (Phi) is 18.9. The summed E-state index contributed by atoms with van der Waals surface area (Å²) in [6.07, 6.45) is 17.6. The second-order valence-electron chi connectivity index (χ2n) is 16.7. The Morgan fingerprint density at radius 3 is 1.95 bits per heavy atom. The van der Waals surface area contributed by atoms with Gasteiger partial charge in [0.05, 0.1) is 10.7 Å². The minimum absolute atomic E-state index is 0.0937. The molecule has 0 radical (unpaired) electrons. The van der Waals surface area contributed by atoms with Crippen molar-refractivity contribution in [2.75, 3.05) is 17.2 Å². The number of carbonyl (C=O) groups is 5. The van der Waals surface area contributed by atoms with Gasteiger partial charge in [0.15, 0.2) is 17.9 Å². The van der Waals surface area contributed by atoms with Gasteiger partial charge in [-0.1, -0.05) is 166 Å². The average Bonchev–Trinajstić information content (AvgIpc) is 3.48. The van der Waals surface area contributed by atoms with Crippen molar-refractivity contribution in [3.8, 4) is 5.75 Å². The second-order valence-corrected chi connectivity index (χ2v) is 17.1. The molecule has 3 aromatic rings. The van der Waals surface area contributed by atoms with Crippen LogP contribution in [0.2, 0.25) is 5.02 Å². The van der Waals surface area contributed by atoms with Crippen LogP contribution in [0.5, 0.6) is 5.75 Å². The van der Waals surface area contributed by atoms with Gasteiger partial charge in [0.25, 0.3) is 17.7 Å². The summed E-state index contributed by atoms with van der Waals surface area (Å²) < 4.78 is 6.17. The highest BCUT2D eigenvalue weighted by atomic mass is 35.5. The molecule has 5 amide bonds. The van der Waals surface area contributed by atoms with Crippen LogP contribution in [-0.2, 0) is 32.1 Å². The standard InChI is InChI=1S/C48H65ClN4O6/c1-6-8-9-10-11-12-13-14-15-16-17-18-20-24-35-27-23-28-38(31-35)59-41(7-2)45(56)50-37-29-30-39(49)40(32-37)51-46(57)43(44(55)48(3,4)5)53-42(54)34-52(47(53)58)33-36-25-21-19-22-26-36/h19,21-23,25-32,41,43H,6-18,20,24,33-34H2,1-5H3,(H,50,56)(H,51,57). The quantitative estimate of drug-likeness (QED) is 0.0498. The summed E-state index contributed by atoms with van der Waals surface area (Å²) in [5.74, 6) is -1.94. The number of hydrogen-bond donors (Lipinski definition) is 2. The van der Waals surface area contributed by atoms with E-state index < -0.39 is 41.2 Å². The van der Waals surface area contributed by atoms with Crippen LogP contribution in [-0.4, -0.2) is 58.0 Å². The van der Waals surface area contributed by atoms with Gasteiger partial charge < -0.3 is 20.3 Å². The number of hydrogen-bond acceptors (Lipinski definition) is 6. The first-order valence-electron chi connectivity index (χ1n) is 21.7. The summed E-state index contributed by atoms with van der Waals surface area (Å²) >= 11 is 6.50. The lowest BCUT2D eigenvalue weighted by molar-refractivity contribution is -0.143. The van der Waals surface area contributed by atoms with Gasteiger partial charge in [-0.2, -0.15) is 0 Å². The van der Waals surface area contributed by atoms with E-state index in [9.17, 15) is 24.0 Å². The van der Waals surface area contributed by atoms with Crippen LogP contribution in [0.15, 0.2) is 72.8 Å². The van der Waals surface area contributed by atoms with E-state index in [-0.39, 0.29) is 29.7 Å². The van der Waals surface area contributed by atoms with Crippen molar-refractivity contribution in [1.82, 2.24) is 9.80 Å². The first-order chi connectivity index (χ1) is 28.3. The summed E-state index contributed by atoms with van der Waals surface area (Å²) in [6.45, 7) is 8.85. The zero-order valence-corrected chi connectivity index (χ0v) is 36.6. The highest BCUT2D eigenvalue weighted by molar-refractivity contribution is 6.34. The molecular weight excluding hydrogens is 764 g/mol. The zero-order chi connectivity index (χ0) is 42.8. The lowest BCUT2D eigenvalue weighted by Crippen LogP contribution is -2.55. The molecule has 0 aliphatic carbocycles. The normalized spacial score (nSPS) is 14.0. The van der Waals surface area contributed by atoms with Gasteiger partial charge in [-0.05, 0) is 60.7 Å². The molecular formula is C48H65ClN4O6. The number of amides is 5. The van der Waals surface area contributed by atoms with Gasteiger partial charge in [0.1, 0.15) is 12.3 Å². The molecule has 11 heteroatoms. The highest BCUT2D eigenvalue weighted by Crippen LogP contribution is 2.30. The number of anilines is 2. The van der Waals surface area contributed by atoms with Gasteiger partial charge in [0.2, 0.25) is 0 Å². The molecule has 0 bridgehead atoms. The molecule has 10 nitrogen and oxygen atoms in total. The van der Waals surface area contributed by atoms with E-state index in [2.05, 4.69) is 23.6 Å². The molecule has 0 saturated carbocycles. The predicted octanol–water partition coefficient (Wildman–Crippen LogP) is 11.2. The number of nitrogens with one attached hydrogen (secondary N) is 2. The molecule has 59 heavy (non-hydrogen) atoms. The molecule has 0 spiro atoms. The van der Waals surface area contributed by atoms with E-state index >= 15 is 0 Å². The highest BCUT2D eigenvalue weighted by Gasteiger charge is 2.49. The Hall–Kier alpha value is -4.70. The number of imide groups is 1. The summed E-state index contributed by atoms with van der Waals surface area (Å²) in [5.41, 5.74) is 1.32. The number of benzene rings is 3. The molecule has 0 aromatic heterocycles. The lowest BCUT2D eigenvalue weighted by Gasteiger charge is -2.29. The molecule has 1 saturated heterocycles. The molecule has 4 rings (SSSR count). The van der Waals surface area contributed by atoms with Crippen LogP contribution >= 0.6 is 11.6 Å². The fourth-order valence-corrected chi connectivity index (χ4v) is 7.41. The average molecular weight is 830 g/mol. The van der Waals surface area contributed by atoms with Gasteiger partial charge in [-0.25, -0.2) is 9.69 Å². The molecule has 1 aliphatic heterocycles. The van der Waals surface area contributed by atoms with Crippen LogP contribution in [0.3, 0.4) is 0 Å². The molecule has 2 N–H and O–H groups in total. The Balaban J connectivity index is 1.31. The number of aryl methyl sites for hydroxylation is 1. The minimum atomic E-state index is -1.75. The molecule has 1 heterocycles. The van der Waals surface area contributed by atoms with Crippen molar-refractivity contribution in [1.29, 1.82) is 0 Å². The first-order valence-corrected chi connectivity index (χ1v) is 22.1. The summed E-state index contributed by atoms with van der Waals surface area (Å²) in [4.78, 5) is 70.1. The smallest absolute Gasteiger partial charge is 0.328 e. The first kappa shape index (κ1) is 47.0. The van der Waals surface area contributed by atoms with E-state index in [1.807, 2.05) is 55.5 Å². The largest absolute Gasteiger partial charge is 0.481 e. The van der Waals surface area contributed by atoms with Crippen LogP contribution in [0.4, 0.5) is 16.2 Å². The number of nitrogens with zero attached hydrogens (tertiary/aromatic N) is 2. The molecule has 2 atom stereocenters. The molecule has 2 unspecified atom stereocenters. The van der Waals surface area contributed by atoms with Crippen LogP contribution < -0.4 is 15.4 Å². The maximum Gasteiger partial charge on any atom is 0.328 e. The second kappa shape index (κ2) is 23.8. The molecule has 1 aliphatic rings. The van der Waals surface area contributed by atoms with Crippen molar-refractivity contribution in [3.05, 3.63) is 88.9 Å². The number of carbonyl (C=O) groups excluding carboxylic acids is 5. The monoisotopic (exact) mass is 828 g/mol. The van der Waals surface area contributed by atoms with Crippen LogP contribution in [0.25, 0.3) is 0 Å². The predicted molar refractivity (Wildman–Crippen MR) is 237 cm³/mol. The van der Waals surface area contributed by atoms with Crippen molar-refractivity contribution in [2.45, 2.75) is 150 Å². The van der Waals surface area contributed by atoms with Crippen molar-refractivity contribution >= 4 is 52.5 Å². The van der Waals surface area contributed by atoms with Gasteiger partial charge in [-0.15, -0.1) is 0 Å². The van der Waals surface area contributed by atoms with E-state index in [1.165, 1.54) is 99.6 Å². The summed E-state index contributed by atoms with van der Waals surface area (Å²) in [5, 5.41) is 5.64. The van der Waals surface area contributed by atoms with Gasteiger partial charge in [-0.3, -0.25) is 19.2 Å². The Morgan fingerprint density at radius 2 is 1.34 bits per heavy atom. The zero-order valence-electron chi connectivity index (χ0n) is 35.8. The van der Waals surface area contributed by atoms with Gasteiger partial charge in [0, 0.05) is 17.6 Å². The van der Waals surface area contributed by atoms with Crippen LogP contribution in [0, 0.1) is 5.41 Å².